The van der Waals surface area contributed by atoms with Crippen LogP contribution in [0.1, 0.15) is 23.7 Å². The molecule has 6 nitrogen and oxygen atoms in total. The van der Waals surface area contributed by atoms with Crippen molar-refractivity contribution in [2.75, 3.05) is 0 Å². The molecule has 0 saturated heterocycles. The van der Waals surface area contributed by atoms with Crippen molar-refractivity contribution in [3.05, 3.63) is 46.5 Å². The maximum atomic E-state index is 11.8. The van der Waals surface area contributed by atoms with Crippen LogP contribution in [0.15, 0.2) is 30.9 Å². The van der Waals surface area contributed by atoms with Crippen LogP contribution in [0.5, 0.6) is 5.75 Å². The van der Waals surface area contributed by atoms with E-state index in [1.165, 1.54) is 12.1 Å². The Labute approximate surface area is 104 Å². The first kappa shape index (κ1) is 13.7. The average Bonchev–Trinajstić information content (AvgIpc) is 2.28. The molecule has 2 N–H and O–H groups in total. The SMILES string of the molecule is C=CCC(C)NC(=O)c1cccc([N+](=O)[O-])c1O. The number of carbonyl (C=O) groups excluding carboxylic acids is 1. The number of nitro groups is 1. The quantitative estimate of drug-likeness (QED) is 0.475. The molecular formula is C12H14N2O4. The summed E-state index contributed by atoms with van der Waals surface area (Å²) >= 11 is 0. The third kappa shape index (κ3) is 3.07. The molecule has 0 saturated carbocycles. The molecule has 0 aliphatic heterocycles. The number of aromatic hydroxyl groups is 1. The average molecular weight is 250 g/mol. The maximum Gasteiger partial charge on any atom is 0.311 e. The number of hydrogen-bond acceptors (Lipinski definition) is 4. The van der Waals surface area contributed by atoms with Crippen molar-refractivity contribution >= 4 is 11.6 Å². The Morgan fingerprint density at radius 1 is 1.67 bits per heavy atom. The zero-order valence-corrected chi connectivity index (χ0v) is 9.92. The zero-order valence-electron chi connectivity index (χ0n) is 9.92. The van der Waals surface area contributed by atoms with Gasteiger partial charge in [0.1, 0.15) is 0 Å². The van der Waals surface area contributed by atoms with Gasteiger partial charge in [0.05, 0.1) is 10.5 Å². The molecule has 0 aliphatic rings. The van der Waals surface area contributed by atoms with Crippen LogP contribution in [0.4, 0.5) is 5.69 Å². The third-order valence-electron chi connectivity index (χ3n) is 2.35. The van der Waals surface area contributed by atoms with Crippen LogP contribution in [0, 0.1) is 10.1 Å². The molecule has 1 atom stereocenters. The first-order valence-corrected chi connectivity index (χ1v) is 5.35. The summed E-state index contributed by atoms with van der Waals surface area (Å²) in [6.45, 7) is 5.32. The van der Waals surface area contributed by atoms with E-state index in [2.05, 4.69) is 11.9 Å². The molecule has 18 heavy (non-hydrogen) atoms. The van der Waals surface area contributed by atoms with Crippen molar-refractivity contribution in [3.8, 4) is 5.75 Å². The number of phenolic OH excluding ortho intramolecular Hbond substituents is 1. The van der Waals surface area contributed by atoms with E-state index in [1.54, 1.807) is 13.0 Å². The van der Waals surface area contributed by atoms with Crippen LogP contribution in [-0.2, 0) is 0 Å². The zero-order chi connectivity index (χ0) is 13.7. The summed E-state index contributed by atoms with van der Waals surface area (Å²) < 4.78 is 0. The molecule has 1 amide bonds. The number of benzene rings is 1. The van der Waals surface area contributed by atoms with Gasteiger partial charge in [-0.05, 0) is 19.4 Å². The fourth-order valence-corrected chi connectivity index (χ4v) is 1.47. The molecule has 1 aromatic carbocycles. The predicted molar refractivity (Wildman–Crippen MR) is 66.5 cm³/mol. The van der Waals surface area contributed by atoms with Gasteiger partial charge in [0.15, 0.2) is 0 Å². The van der Waals surface area contributed by atoms with Gasteiger partial charge in [-0.15, -0.1) is 6.58 Å². The van der Waals surface area contributed by atoms with Crippen LogP contribution in [0.2, 0.25) is 0 Å². The van der Waals surface area contributed by atoms with Crippen molar-refractivity contribution in [3.63, 3.8) is 0 Å². The molecular weight excluding hydrogens is 236 g/mol. The summed E-state index contributed by atoms with van der Waals surface area (Å²) in [7, 11) is 0. The van der Waals surface area contributed by atoms with E-state index in [-0.39, 0.29) is 11.6 Å². The number of hydrogen-bond donors (Lipinski definition) is 2. The van der Waals surface area contributed by atoms with Crippen LogP contribution in [-0.4, -0.2) is 22.0 Å². The van der Waals surface area contributed by atoms with Gasteiger partial charge in [-0.2, -0.15) is 0 Å². The Morgan fingerprint density at radius 3 is 2.89 bits per heavy atom. The minimum Gasteiger partial charge on any atom is -0.502 e. The topological polar surface area (TPSA) is 92.5 Å². The summed E-state index contributed by atoms with van der Waals surface area (Å²) in [5.41, 5.74) is -0.598. The third-order valence-corrected chi connectivity index (χ3v) is 2.35. The highest BCUT2D eigenvalue weighted by molar-refractivity contribution is 5.98. The second-order valence-corrected chi connectivity index (χ2v) is 3.83. The van der Waals surface area contributed by atoms with Gasteiger partial charge in [0.25, 0.3) is 5.91 Å². The van der Waals surface area contributed by atoms with Gasteiger partial charge < -0.3 is 10.4 Å². The summed E-state index contributed by atoms with van der Waals surface area (Å²) in [5.74, 6) is -1.17. The molecule has 6 heteroatoms. The molecule has 0 aliphatic carbocycles. The normalized spacial score (nSPS) is 11.6. The van der Waals surface area contributed by atoms with Crippen molar-refractivity contribution in [1.29, 1.82) is 0 Å². The van der Waals surface area contributed by atoms with Gasteiger partial charge in [-0.3, -0.25) is 14.9 Å². The number of carbonyl (C=O) groups is 1. The van der Waals surface area contributed by atoms with E-state index in [0.717, 1.165) is 6.07 Å². The maximum absolute atomic E-state index is 11.8. The number of amides is 1. The van der Waals surface area contributed by atoms with Crippen LogP contribution in [0.3, 0.4) is 0 Å². The number of para-hydroxylation sites is 1. The van der Waals surface area contributed by atoms with Gasteiger partial charge in [-0.1, -0.05) is 12.1 Å². The second kappa shape index (κ2) is 5.81. The molecule has 0 bridgehead atoms. The Kier molecular flexibility index (Phi) is 4.42. The lowest BCUT2D eigenvalue weighted by Gasteiger charge is -2.12. The van der Waals surface area contributed by atoms with E-state index < -0.39 is 22.3 Å². The first-order chi connectivity index (χ1) is 8.47. The van der Waals surface area contributed by atoms with Gasteiger partial charge in [-0.25, -0.2) is 0 Å². The fraction of sp³-hybridized carbons (Fsp3) is 0.250. The molecule has 96 valence electrons. The molecule has 1 unspecified atom stereocenters. The monoisotopic (exact) mass is 250 g/mol. The van der Waals surface area contributed by atoms with Crippen LogP contribution >= 0.6 is 0 Å². The highest BCUT2D eigenvalue weighted by Gasteiger charge is 2.21. The standard InChI is InChI=1S/C12H14N2O4/c1-3-5-8(2)13-12(16)9-6-4-7-10(11(9)15)14(17)18/h3-4,6-8,15H,1,5H2,2H3,(H,13,16). The minimum absolute atomic E-state index is 0.111. The lowest BCUT2D eigenvalue weighted by molar-refractivity contribution is -0.385. The van der Waals surface area contributed by atoms with Crippen LogP contribution < -0.4 is 5.32 Å². The Hall–Kier alpha value is -2.37. The minimum atomic E-state index is -0.737. The van der Waals surface area contributed by atoms with E-state index in [4.69, 9.17) is 0 Å². The van der Waals surface area contributed by atoms with E-state index in [1.807, 2.05) is 0 Å². The lowest BCUT2D eigenvalue weighted by atomic mass is 10.1. The van der Waals surface area contributed by atoms with E-state index in [0.29, 0.717) is 6.42 Å². The fourth-order valence-electron chi connectivity index (χ4n) is 1.47. The molecule has 0 radical (unpaired) electrons. The number of rotatable bonds is 5. The van der Waals surface area contributed by atoms with E-state index in [9.17, 15) is 20.0 Å². The number of nitrogens with one attached hydrogen (secondary N) is 1. The molecule has 0 aromatic heterocycles. The summed E-state index contributed by atoms with van der Waals surface area (Å²) in [6, 6.07) is 3.66. The molecule has 1 aromatic rings. The van der Waals surface area contributed by atoms with Crippen molar-refractivity contribution in [2.24, 2.45) is 0 Å². The highest BCUT2D eigenvalue weighted by Crippen LogP contribution is 2.29. The summed E-state index contributed by atoms with van der Waals surface area (Å²) in [6.07, 6.45) is 2.22. The number of phenols is 1. The largest absolute Gasteiger partial charge is 0.502 e. The number of nitro benzene ring substituents is 1. The number of nitrogens with zero attached hydrogens (tertiary/aromatic N) is 1. The van der Waals surface area contributed by atoms with Crippen molar-refractivity contribution in [2.45, 2.75) is 19.4 Å². The molecule has 0 spiro atoms. The van der Waals surface area contributed by atoms with Crippen LogP contribution in [0.25, 0.3) is 0 Å². The van der Waals surface area contributed by atoms with Gasteiger partial charge in [0, 0.05) is 12.1 Å². The molecule has 0 fully saturated rings. The van der Waals surface area contributed by atoms with Gasteiger partial charge >= 0.3 is 5.69 Å². The van der Waals surface area contributed by atoms with Crippen molar-refractivity contribution < 1.29 is 14.8 Å². The Balaban J connectivity index is 2.96. The predicted octanol–water partition coefficient (Wildman–Crippen LogP) is 1.99. The summed E-state index contributed by atoms with van der Waals surface area (Å²) in [4.78, 5) is 21.7. The highest BCUT2D eigenvalue weighted by atomic mass is 16.6. The Morgan fingerprint density at radius 2 is 2.33 bits per heavy atom. The second-order valence-electron chi connectivity index (χ2n) is 3.83. The lowest BCUT2D eigenvalue weighted by Crippen LogP contribution is -2.32. The van der Waals surface area contributed by atoms with Gasteiger partial charge in [0.2, 0.25) is 5.75 Å². The smallest absolute Gasteiger partial charge is 0.311 e. The molecule has 1 rings (SSSR count). The van der Waals surface area contributed by atoms with E-state index >= 15 is 0 Å². The molecule has 0 heterocycles. The summed E-state index contributed by atoms with van der Waals surface area (Å²) in [5, 5.41) is 22.9. The first-order valence-electron chi connectivity index (χ1n) is 5.35. The Bertz CT molecular complexity index is 485. The van der Waals surface area contributed by atoms with Crippen molar-refractivity contribution in [1.82, 2.24) is 5.32 Å².